The maximum Gasteiger partial charge on any atom is 0.306 e. The number of carbonyl (C=O) groups excluding carboxylic acids is 2. The van der Waals surface area contributed by atoms with Crippen molar-refractivity contribution in [2.24, 2.45) is 0 Å². The summed E-state index contributed by atoms with van der Waals surface area (Å²) in [4.78, 5) is 40.0. The number of likely N-dealkylation sites (N-methyl/N-ethyl adjacent to an activating group) is 1. The van der Waals surface area contributed by atoms with Gasteiger partial charge in [-0.3, -0.25) is 14.2 Å². The van der Waals surface area contributed by atoms with Crippen LogP contribution in [0.2, 0.25) is 0 Å². The first kappa shape index (κ1) is 72.9. The van der Waals surface area contributed by atoms with Crippen LogP contribution in [-0.4, -0.2) is 69.4 Å². The first-order valence-corrected chi connectivity index (χ1v) is 32.5. The maximum absolute atomic E-state index is 13.5. The molecule has 0 fully saturated rings. The molecule has 76 heavy (non-hydrogen) atoms. The molecular weight excluding hydrogens is 964 g/mol. The molecule has 0 aliphatic rings. The van der Waals surface area contributed by atoms with Gasteiger partial charge < -0.3 is 28.5 Å². The zero-order chi connectivity index (χ0) is 55.7. The summed E-state index contributed by atoms with van der Waals surface area (Å²) in [5.74, 6) is -0.572. The molecule has 0 aliphatic carbocycles. The molecule has 0 bridgehead atoms. The molecule has 0 aromatic rings. The van der Waals surface area contributed by atoms with Gasteiger partial charge in [-0.1, -0.05) is 234 Å². The zero-order valence-corrected chi connectivity index (χ0v) is 50.8. The second-order valence-corrected chi connectivity index (χ2v) is 23.2. The van der Waals surface area contributed by atoms with Gasteiger partial charge in [-0.05, 0) is 109 Å². The summed E-state index contributed by atoms with van der Waals surface area (Å²) in [7, 11) is 1.16. The van der Waals surface area contributed by atoms with Crippen LogP contribution >= 0.6 is 7.82 Å². The van der Waals surface area contributed by atoms with Gasteiger partial charge in [0.2, 0.25) is 5.91 Å². The number of nitrogens with one attached hydrogen (secondary N) is 1. The third-order valence-corrected chi connectivity index (χ3v) is 14.2. The minimum atomic E-state index is -4.71. The second kappa shape index (κ2) is 55.3. The first-order chi connectivity index (χ1) is 36.9. The number of amides is 1. The highest BCUT2D eigenvalue weighted by molar-refractivity contribution is 7.45. The van der Waals surface area contributed by atoms with Crippen LogP contribution in [0.3, 0.4) is 0 Å². The highest BCUT2D eigenvalue weighted by Gasteiger charge is 2.27. The lowest BCUT2D eigenvalue weighted by molar-refractivity contribution is -0.870. The Bertz CT molecular complexity index is 1620. The summed E-state index contributed by atoms with van der Waals surface area (Å²) in [6.45, 7) is 6.67. The van der Waals surface area contributed by atoms with Gasteiger partial charge in [0.05, 0.1) is 33.8 Å². The summed E-state index contributed by atoms with van der Waals surface area (Å²) in [6.07, 6.45) is 73.7. The topological polar surface area (TPSA) is 114 Å². The third kappa shape index (κ3) is 55.7. The summed E-state index contributed by atoms with van der Waals surface area (Å²) < 4.78 is 30.3. The average molecular weight is 1080 g/mol. The van der Waals surface area contributed by atoms with Crippen LogP contribution in [0, 0.1) is 0 Å². The third-order valence-electron chi connectivity index (χ3n) is 13.2. The monoisotopic (exact) mass is 1080 g/mol. The Morgan fingerprint density at radius 2 is 0.842 bits per heavy atom. The summed E-state index contributed by atoms with van der Waals surface area (Å²) in [5, 5.41) is 3.01. The molecule has 3 unspecified atom stereocenters. The summed E-state index contributed by atoms with van der Waals surface area (Å²) in [6, 6.07) is -0.905. The van der Waals surface area contributed by atoms with Gasteiger partial charge in [0, 0.05) is 12.8 Å². The van der Waals surface area contributed by atoms with E-state index in [2.05, 4.69) is 111 Å². The van der Waals surface area contributed by atoms with E-state index in [1.54, 1.807) is 0 Å². The number of ether oxygens (including phenoxy) is 1. The van der Waals surface area contributed by atoms with Gasteiger partial charge >= 0.3 is 5.97 Å². The van der Waals surface area contributed by atoms with Gasteiger partial charge in [-0.15, -0.1) is 0 Å². The Hall–Kier alpha value is -3.07. The van der Waals surface area contributed by atoms with Crippen LogP contribution in [0.25, 0.3) is 0 Å². The van der Waals surface area contributed by atoms with Crippen molar-refractivity contribution in [3.05, 3.63) is 97.2 Å². The molecule has 1 amide bonds. The van der Waals surface area contributed by atoms with Crippen LogP contribution in [0.5, 0.6) is 0 Å². The van der Waals surface area contributed by atoms with Crippen molar-refractivity contribution in [1.29, 1.82) is 0 Å². The molecule has 0 rings (SSSR count). The van der Waals surface area contributed by atoms with Gasteiger partial charge in [0.1, 0.15) is 19.3 Å². The zero-order valence-electron chi connectivity index (χ0n) is 49.9. The van der Waals surface area contributed by atoms with Crippen molar-refractivity contribution in [3.63, 3.8) is 0 Å². The van der Waals surface area contributed by atoms with Crippen molar-refractivity contribution in [3.8, 4) is 0 Å². The molecule has 0 aromatic heterocycles. The molecule has 0 aromatic carbocycles. The Labute approximate surface area is 468 Å². The van der Waals surface area contributed by atoms with Crippen molar-refractivity contribution in [2.45, 2.75) is 270 Å². The molecule has 0 radical (unpaired) electrons. The quantitative estimate of drug-likeness (QED) is 0.0212. The van der Waals surface area contributed by atoms with Crippen LogP contribution in [0.4, 0.5) is 0 Å². The fourth-order valence-corrected chi connectivity index (χ4v) is 9.18. The van der Waals surface area contributed by atoms with E-state index >= 15 is 0 Å². The maximum atomic E-state index is 13.5. The first-order valence-electron chi connectivity index (χ1n) is 31.0. The lowest BCUT2D eigenvalue weighted by Gasteiger charge is -2.30. The van der Waals surface area contributed by atoms with E-state index in [0.717, 1.165) is 128 Å². The highest BCUT2D eigenvalue weighted by atomic mass is 31.2. The number of unbranched alkanes of at least 4 members (excludes halogenated alkanes) is 25. The van der Waals surface area contributed by atoms with Gasteiger partial charge in [-0.2, -0.15) is 0 Å². The number of nitrogens with zero attached hydrogens (tertiary/aromatic N) is 1. The number of hydrogen-bond acceptors (Lipinski definition) is 7. The number of carbonyl (C=O) groups is 2. The molecule has 9 nitrogen and oxygen atoms in total. The predicted molar refractivity (Wildman–Crippen MR) is 325 cm³/mol. The van der Waals surface area contributed by atoms with Crippen LogP contribution in [-0.2, 0) is 27.9 Å². The number of rotatable bonds is 55. The molecule has 0 heterocycles. The van der Waals surface area contributed by atoms with E-state index < -0.39 is 26.6 Å². The fourth-order valence-electron chi connectivity index (χ4n) is 8.46. The Balaban J connectivity index is 5.23. The number of phosphoric ester groups is 1. The van der Waals surface area contributed by atoms with Crippen molar-refractivity contribution < 1.29 is 37.3 Å². The van der Waals surface area contributed by atoms with E-state index in [-0.39, 0.29) is 24.9 Å². The largest absolute Gasteiger partial charge is 0.756 e. The fraction of sp³-hybridized carbons (Fsp3) is 0.727. The van der Waals surface area contributed by atoms with Crippen molar-refractivity contribution >= 4 is 19.7 Å². The van der Waals surface area contributed by atoms with Gasteiger partial charge in [-0.25, -0.2) is 0 Å². The molecule has 1 N–H and O–H groups in total. The van der Waals surface area contributed by atoms with Crippen molar-refractivity contribution in [1.82, 2.24) is 5.32 Å². The summed E-state index contributed by atoms with van der Waals surface area (Å²) >= 11 is 0. The van der Waals surface area contributed by atoms with E-state index in [1.165, 1.54) is 89.9 Å². The van der Waals surface area contributed by atoms with E-state index in [0.29, 0.717) is 23.9 Å². The molecular formula is C66H117N2O7P. The minimum absolute atomic E-state index is 0.0315. The average Bonchev–Trinajstić information content (AvgIpc) is 3.38. The number of esters is 1. The van der Waals surface area contributed by atoms with Crippen LogP contribution < -0.4 is 10.2 Å². The molecule has 0 saturated carbocycles. The number of quaternary nitrogens is 1. The summed E-state index contributed by atoms with van der Waals surface area (Å²) in [5.41, 5.74) is 0. The predicted octanol–water partition coefficient (Wildman–Crippen LogP) is 18.5. The van der Waals surface area contributed by atoms with E-state index in [1.807, 2.05) is 33.3 Å². The molecule has 0 aliphatic heterocycles. The number of allylic oxidation sites excluding steroid dienone is 15. The molecule has 438 valence electrons. The molecule has 10 heteroatoms. The van der Waals surface area contributed by atoms with Crippen LogP contribution in [0.1, 0.15) is 258 Å². The van der Waals surface area contributed by atoms with Crippen molar-refractivity contribution in [2.75, 3.05) is 40.9 Å². The second-order valence-electron chi connectivity index (χ2n) is 21.8. The standard InChI is InChI=1S/C66H117N2O7P/c1-7-10-13-16-19-22-25-27-29-31-32-33-34-35-36-37-39-41-44-47-50-53-56-59-66(70)75-64(57-54-51-48-45-42-24-21-18-15-12-9-3)63(62-74-76(71,72)73-61-60-68(4,5)6)67-65(69)58-55-52-49-46-43-40-38-30-28-26-23-20-17-14-11-8-2/h11,14,19-20,22-23,27-30,32-33,35-36,54,57,63-64H,7-10,12-13,15-18,21,24-26,31,34,37-53,55-56,58-62H2,1-6H3,(H-,67,69,71,72)/b14-11+,22-19-,23-20+,29-27-,30-28+,33-32-,36-35-,57-54-. The van der Waals surface area contributed by atoms with Crippen LogP contribution in [0.15, 0.2) is 97.2 Å². The lowest BCUT2D eigenvalue weighted by Crippen LogP contribution is -2.47. The van der Waals surface area contributed by atoms with Gasteiger partial charge in [0.15, 0.2) is 0 Å². The Morgan fingerprint density at radius 3 is 1.29 bits per heavy atom. The smallest absolute Gasteiger partial charge is 0.306 e. The molecule has 0 saturated heterocycles. The number of hydrogen-bond donors (Lipinski definition) is 1. The number of phosphoric acid groups is 1. The molecule has 3 atom stereocenters. The van der Waals surface area contributed by atoms with E-state index in [4.69, 9.17) is 13.8 Å². The van der Waals surface area contributed by atoms with Gasteiger partial charge in [0.25, 0.3) is 7.82 Å². The SMILES string of the molecule is CC/C=C/C/C=C/C/C=C/CCCCCCCCC(=O)NC(COP(=O)([O-])OCC[N+](C)(C)C)C(/C=C\CCCCCCCCCCC)OC(=O)CCCCCCCCC/C=C\C/C=C\C/C=C\C/C=C\CCCCC. The molecule has 0 spiro atoms. The highest BCUT2D eigenvalue weighted by Crippen LogP contribution is 2.38. The lowest BCUT2D eigenvalue weighted by atomic mass is 10.1. The Kier molecular flexibility index (Phi) is 53.0. The minimum Gasteiger partial charge on any atom is -0.756 e. The normalized spacial score (nSPS) is 14.4. The van der Waals surface area contributed by atoms with E-state index in [9.17, 15) is 19.0 Å². The Morgan fingerprint density at radius 1 is 0.474 bits per heavy atom.